The standard InChI is InChI=1S/C15H21NO/c17-15(12-5-2-1-3-6-12)11-13-8-10-16-9-4-7-14(13)16/h1-3,5-6,13-15,17H,4,7-11H2/t13-,14-,15?/m0/s1. The van der Waals surface area contributed by atoms with Gasteiger partial charge in [0.1, 0.15) is 0 Å². The number of fused-ring (bicyclic) bond motifs is 1. The average Bonchev–Trinajstić information content (AvgIpc) is 2.95. The average molecular weight is 231 g/mol. The fourth-order valence-electron chi connectivity index (χ4n) is 3.56. The van der Waals surface area contributed by atoms with E-state index in [1.807, 2.05) is 30.3 Å². The Morgan fingerprint density at radius 2 is 2.00 bits per heavy atom. The van der Waals surface area contributed by atoms with Crippen LogP contribution in [0.25, 0.3) is 0 Å². The Morgan fingerprint density at radius 3 is 2.82 bits per heavy atom. The van der Waals surface area contributed by atoms with Gasteiger partial charge in [-0.3, -0.25) is 0 Å². The predicted molar refractivity (Wildman–Crippen MR) is 68.7 cm³/mol. The molecule has 0 saturated carbocycles. The maximum atomic E-state index is 10.3. The van der Waals surface area contributed by atoms with Crippen molar-refractivity contribution in [3.05, 3.63) is 35.9 Å². The largest absolute Gasteiger partial charge is 0.388 e. The van der Waals surface area contributed by atoms with Gasteiger partial charge in [-0.05, 0) is 50.3 Å². The van der Waals surface area contributed by atoms with Crippen LogP contribution in [0.4, 0.5) is 0 Å². The van der Waals surface area contributed by atoms with Gasteiger partial charge in [-0.1, -0.05) is 30.3 Å². The molecule has 1 N–H and O–H groups in total. The zero-order valence-corrected chi connectivity index (χ0v) is 10.3. The van der Waals surface area contributed by atoms with Gasteiger partial charge in [0.05, 0.1) is 6.10 Å². The third-order valence-electron chi connectivity index (χ3n) is 4.46. The van der Waals surface area contributed by atoms with Crippen molar-refractivity contribution >= 4 is 0 Å². The summed E-state index contributed by atoms with van der Waals surface area (Å²) in [6.07, 6.45) is 4.62. The molecule has 3 atom stereocenters. The molecule has 1 aromatic carbocycles. The van der Waals surface area contributed by atoms with Crippen LogP contribution in [0.2, 0.25) is 0 Å². The first kappa shape index (κ1) is 11.2. The van der Waals surface area contributed by atoms with Crippen molar-refractivity contribution in [2.45, 2.75) is 37.8 Å². The van der Waals surface area contributed by atoms with Crippen LogP contribution >= 0.6 is 0 Å². The summed E-state index contributed by atoms with van der Waals surface area (Å²) < 4.78 is 0. The van der Waals surface area contributed by atoms with Gasteiger partial charge in [0.25, 0.3) is 0 Å². The molecule has 17 heavy (non-hydrogen) atoms. The van der Waals surface area contributed by atoms with Crippen molar-refractivity contribution in [2.75, 3.05) is 13.1 Å². The first-order valence-corrected chi connectivity index (χ1v) is 6.81. The summed E-state index contributed by atoms with van der Waals surface area (Å²) in [6, 6.07) is 10.8. The Balaban J connectivity index is 1.64. The minimum atomic E-state index is -0.276. The van der Waals surface area contributed by atoms with Crippen LogP contribution in [0.15, 0.2) is 30.3 Å². The molecule has 2 saturated heterocycles. The highest BCUT2D eigenvalue weighted by atomic mass is 16.3. The number of rotatable bonds is 3. The maximum absolute atomic E-state index is 10.3. The summed E-state index contributed by atoms with van der Waals surface area (Å²) in [5, 5.41) is 10.3. The van der Waals surface area contributed by atoms with E-state index in [0.717, 1.165) is 18.0 Å². The van der Waals surface area contributed by atoms with Gasteiger partial charge in [0, 0.05) is 6.04 Å². The Bertz CT molecular complexity index is 364. The second-order valence-electron chi connectivity index (χ2n) is 5.46. The first-order chi connectivity index (χ1) is 8.34. The monoisotopic (exact) mass is 231 g/mol. The van der Waals surface area contributed by atoms with Crippen molar-refractivity contribution in [2.24, 2.45) is 5.92 Å². The van der Waals surface area contributed by atoms with Crippen molar-refractivity contribution in [3.63, 3.8) is 0 Å². The number of nitrogens with zero attached hydrogens (tertiary/aromatic N) is 1. The smallest absolute Gasteiger partial charge is 0.0793 e. The highest BCUT2D eigenvalue weighted by molar-refractivity contribution is 5.17. The third-order valence-corrected chi connectivity index (χ3v) is 4.46. The molecule has 2 aliphatic heterocycles. The first-order valence-electron chi connectivity index (χ1n) is 6.81. The summed E-state index contributed by atoms with van der Waals surface area (Å²) in [5.41, 5.74) is 1.07. The van der Waals surface area contributed by atoms with E-state index in [2.05, 4.69) is 4.90 Å². The minimum Gasteiger partial charge on any atom is -0.388 e. The van der Waals surface area contributed by atoms with Crippen LogP contribution in [0.3, 0.4) is 0 Å². The van der Waals surface area contributed by atoms with Crippen molar-refractivity contribution in [1.29, 1.82) is 0 Å². The van der Waals surface area contributed by atoms with Crippen LogP contribution in [0.1, 0.15) is 37.4 Å². The molecule has 1 unspecified atom stereocenters. The maximum Gasteiger partial charge on any atom is 0.0793 e. The molecule has 0 bridgehead atoms. The van der Waals surface area contributed by atoms with E-state index in [1.165, 1.54) is 32.4 Å². The molecule has 0 radical (unpaired) electrons. The second-order valence-corrected chi connectivity index (χ2v) is 5.46. The van der Waals surface area contributed by atoms with Gasteiger partial charge in [-0.25, -0.2) is 0 Å². The predicted octanol–water partition coefficient (Wildman–Crippen LogP) is 2.59. The van der Waals surface area contributed by atoms with Gasteiger partial charge < -0.3 is 10.0 Å². The van der Waals surface area contributed by atoms with Crippen LogP contribution in [0.5, 0.6) is 0 Å². The van der Waals surface area contributed by atoms with Crippen LogP contribution in [0, 0.1) is 5.92 Å². The Hall–Kier alpha value is -0.860. The molecule has 2 fully saturated rings. The molecule has 0 aliphatic carbocycles. The van der Waals surface area contributed by atoms with Gasteiger partial charge in [-0.15, -0.1) is 0 Å². The van der Waals surface area contributed by atoms with E-state index in [1.54, 1.807) is 0 Å². The van der Waals surface area contributed by atoms with Crippen LogP contribution in [-0.2, 0) is 0 Å². The quantitative estimate of drug-likeness (QED) is 0.864. The van der Waals surface area contributed by atoms with E-state index in [-0.39, 0.29) is 6.10 Å². The van der Waals surface area contributed by atoms with E-state index >= 15 is 0 Å². The molecule has 1 aromatic rings. The zero-order valence-electron chi connectivity index (χ0n) is 10.3. The van der Waals surface area contributed by atoms with Gasteiger partial charge >= 0.3 is 0 Å². The summed E-state index contributed by atoms with van der Waals surface area (Å²) in [6.45, 7) is 2.53. The molecule has 0 amide bonds. The number of hydrogen-bond donors (Lipinski definition) is 1. The lowest BCUT2D eigenvalue weighted by Crippen LogP contribution is -2.26. The molecular formula is C15H21NO. The Kier molecular flexibility index (Phi) is 3.17. The number of aliphatic hydroxyl groups is 1. The van der Waals surface area contributed by atoms with Crippen molar-refractivity contribution in [1.82, 2.24) is 4.90 Å². The lowest BCUT2D eigenvalue weighted by atomic mass is 9.90. The molecule has 92 valence electrons. The fourth-order valence-corrected chi connectivity index (χ4v) is 3.56. The van der Waals surface area contributed by atoms with E-state index in [4.69, 9.17) is 0 Å². The van der Waals surface area contributed by atoms with E-state index in [9.17, 15) is 5.11 Å². The van der Waals surface area contributed by atoms with Crippen molar-refractivity contribution < 1.29 is 5.11 Å². The lowest BCUT2D eigenvalue weighted by Gasteiger charge is -2.22. The molecule has 2 aliphatic rings. The lowest BCUT2D eigenvalue weighted by molar-refractivity contribution is 0.133. The molecule has 2 nitrogen and oxygen atoms in total. The van der Waals surface area contributed by atoms with E-state index < -0.39 is 0 Å². The number of benzene rings is 1. The van der Waals surface area contributed by atoms with Gasteiger partial charge in [-0.2, -0.15) is 0 Å². The number of aliphatic hydroxyl groups excluding tert-OH is 1. The normalized spacial score (nSPS) is 30.4. The van der Waals surface area contributed by atoms with E-state index in [0.29, 0.717) is 5.92 Å². The molecule has 3 rings (SSSR count). The highest BCUT2D eigenvalue weighted by Gasteiger charge is 2.37. The topological polar surface area (TPSA) is 23.5 Å². The van der Waals surface area contributed by atoms with Gasteiger partial charge in [0.2, 0.25) is 0 Å². The molecular weight excluding hydrogens is 210 g/mol. The second kappa shape index (κ2) is 4.79. The summed E-state index contributed by atoms with van der Waals surface area (Å²) in [7, 11) is 0. The molecule has 0 spiro atoms. The zero-order chi connectivity index (χ0) is 11.7. The number of hydrogen-bond acceptors (Lipinski definition) is 2. The van der Waals surface area contributed by atoms with Crippen LogP contribution in [-0.4, -0.2) is 29.1 Å². The highest BCUT2D eigenvalue weighted by Crippen LogP contribution is 2.37. The summed E-state index contributed by atoms with van der Waals surface area (Å²) in [5.74, 6) is 0.702. The minimum absolute atomic E-state index is 0.276. The third kappa shape index (κ3) is 2.24. The molecule has 2 heterocycles. The Morgan fingerprint density at radius 1 is 1.18 bits per heavy atom. The SMILES string of the molecule is OC(C[C@@H]1CCN2CCC[C@@H]12)c1ccccc1. The van der Waals surface area contributed by atoms with Gasteiger partial charge in [0.15, 0.2) is 0 Å². The summed E-state index contributed by atoms with van der Waals surface area (Å²) >= 11 is 0. The summed E-state index contributed by atoms with van der Waals surface area (Å²) in [4.78, 5) is 2.61. The molecule has 0 aromatic heterocycles. The molecule has 2 heteroatoms. The fraction of sp³-hybridized carbons (Fsp3) is 0.600. The Labute approximate surface area is 103 Å². The van der Waals surface area contributed by atoms with Crippen molar-refractivity contribution in [3.8, 4) is 0 Å². The van der Waals surface area contributed by atoms with Crippen LogP contribution < -0.4 is 0 Å².